The smallest absolute Gasteiger partial charge is 0.237 e. The molecule has 0 aromatic heterocycles. The van der Waals surface area contributed by atoms with Gasteiger partial charge in [0.1, 0.15) is 0 Å². The average molecular weight is 400 g/mol. The van der Waals surface area contributed by atoms with E-state index < -0.39 is 17.6 Å². The van der Waals surface area contributed by atoms with Gasteiger partial charge < -0.3 is 20.7 Å². The van der Waals surface area contributed by atoms with Crippen LogP contribution in [0.25, 0.3) is 0 Å². The lowest BCUT2D eigenvalue weighted by atomic mass is 9.99. The molecule has 0 bridgehead atoms. The molecule has 0 rings (SSSR count). The third-order valence-electron chi connectivity index (χ3n) is 4.47. The normalized spacial score (nSPS) is 14.5. The molecule has 164 valence electrons. The van der Waals surface area contributed by atoms with E-state index in [1.54, 1.807) is 7.05 Å². The van der Waals surface area contributed by atoms with E-state index in [4.69, 9.17) is 4.74 Å². The number of carbonyl (C=O) groups is 3. The summed E-state index contributed by atoms with van der Waals surface area (Å²) in [4.78, 5) is 36.5. The van der Waals surface area contributed by atoms with Gasteiger partial charge in [0, 0.05) is 18.6 Å². The summed E-state index contributed by atoms with van der Waals surface area (Å²) in [6.45, 7) is 15.7. The number of rotatable bonds is 12. The summed E-state index contributed by atoms with van der Waals surface area (Å²) in [5, 5.41) is 8.72. The average Bonchev–Trinajstić information content (AvgIpc) is 2.50. The number of hydrogen-bond donors (Lipinski definition) is 3. The molecule has 0 aliphatic carbocycles. The minimum atomic E-state index is -0.529. The van der Waals surface area contributed by atoms with Crippen LogP contribution in [0.1, 0.15) is 74.7 Å². The first kappa shape index (κ1) is 26.5. The van der Waals surface area contributed by atoms with Crippen LogP contribution in [0.2, 0.25) is 0 Å². The lowest BCUT2D eigenvalue weighted by molar-refractivity contribution is -0.129. The van der Waals surface area contributed by atoms with E-state index in [0.717, 1.165) is 0 Å². The molecule has 7 nitrogen and oxygen atoms in total. The Labute approximate surface area is 170 Å². The highest BCUT2D eigenvalue weighted by atomic mass is 16.5. The lowest BCUT2D eigenvalue weighted by Gasteiger charge is -2.29. The number of nitrogens with one attached hydrogen (secondary N) is 3. The number of amides is 2. The molecular weight excluding hydrogens is 358 g/mol. The third kappa shape index (κ3) is 11.4. The predicted octanol–water partition coefficient (Wildman–Crippen LogP) is 2.18. The van der Waals surface area contributed by atoms with Crippen LogP contribution in [0.5, 0.6) is 0 Å². The zero-order valence-electron chi connectivity index (χ0n) is 19.2. The van der Waals surface area contributed by atoms with Crippen molar-refractivity contribution in [2.24, 2.45) is 5.92 Å². The van der Waals surface area contributed by atoms with E-state index in [2.05, 4.69) is 16.0 Å². The van der Waals surface area contributed by atoms with Gasteiger partial charge in [-0.1, -0.05) is 13.8 Å². The van der Waals surface area contributed by atoms with Crippen molar-refractivity contribution in [1.82, 2.24) is 16.0 Å². The molecule has 0 radical (unpaired) electrons. The van der Waals surface area contributed by atoms with Gasteiger partial charge in [-0.3, -0.25) is 14.4 Å². The molecule has 2 amide bonds. The molecule has 0 spiro atoms. The lowest BCUT2D eigenvalue weighted by Crippen LogP contribution is -2.51. The van der Waals surface area contributed by atoms with Gasteiger partial charge in [0.05, 0.1) is 17.7 Å². The first-order valence-corrected chi connectivity index (χ1v) is 10.1. The van der Waals surface area contributed by atoms with Crippen molar-refractivity contribution in [1.29, 1.82) is 0 Å². The van der Waals surface area contributed by atoms with Crippen molar-refractivity contribution < 1.29 is 19.1 Å². The summed E-state index contributed by atoms with van der Waals surface area (Å²) in [6.07, 6.45) is 1.26. The van der Waals surface area contributed by atoms with Crippen LogP contribution in [-0.4, -0.2) is 54.5 Å². The molecule has 0 fully saturated rings. The molecule has 2 unspecified atom stereocenters. The van der Waals surface area contributed by atoms with Crippen LogP contribution in [0, 0.1) is 5.92 Å². The quantitative estimate of drug-likeness (QED) is 0.467. The van der Waals surface area contributed by atoms with Crippen molar-refractivity contribution >= 4 is 17.6 Å². The van der Waals surface area contributed by atoms with Crippen LogP contribution >= 0.6 is 0 Å². The van der Waals surface area contributed by atoms with Crippen LogP contribution in [0.4, 0.5) is 0 Å². The second-order valence-electron chi connectivity index (χ2n) is 9.36. The second-order valence-corrected chi connectivity index (χ2v) is 9.36. The highest BCUT2D eigenvalue weighted by Crippen LogP contribution is 2.14. The van der Waals surface area contributed by atoms with Crippen molar-refractivity contribution in [2.45, 2.75) is 97.9 Å². The zero-order chi connectivity index (χ0) is 22.1. The Morgan fingerprint density at radius 3 is 2.04 bits per heavy atom. The van der Waals surface area contributed by atoms with Gasteiger partial charge >= 0.3 is 0 Å². The Balaban J connectivity index is 4.56. The van der Waals surface area contributed by atoms with Crippen LogP contribution in [-0.2, 0) is 19.1 Å². The Morgan fingerprint density at radius 1 is 1.04 bits per heavy atom. The number of ketones is 1. The van der Waals surface area contributed by atoms with E-state index in [1.807, 2.05) is 48.5 Å². The van der Waals surface area contributed by atoms with Crippen molar-refractivity contribution in [3.63, 3.8) is 0 Å². The maximum atomic E-state index is 12.5. The van der Waals surface area contributed by atoms with Crippen LogP contribution in [0.15, 0.2) is 0 Å². The highest BCUT2D eigenvalue weighted by Gasteiger charge is 2.26. The largest absolute Gasteiger partial charge is 0.376 e. The Morgan fingerprint density at radius 2 is 1.61 bits per heavy atom. The first-order valence-electron chi connectivity index (χ1n) is 10.1. The molecule has 28 heavy (non-hydrogen) atoms. The summed E-state index contributed by atoms with van der Waals surface area (Å²) < 4.78 is 5.73. The topological polar surface area (TPSA) is 96.5 Å². The predicted molar refractivity (Wildman–Crippen MR) is 112 cm³/mol. The number of ether oxygens (including phenoxy) is 1. The molecule has 0 heterocycles. The molecular formula is C21H41N3O4. The first-order chi connectivity index (χ1) is 12.7. The van der Waals surface area contributed by atoms with E-state index >= 15 is 0 Å². The fourth-order valence-corrected chi connectivity index (χ4v) is 2.79. The van der Waals surface area contributed by atoms with E-state index in [0.29, 0.717) is 19.4 Å². The maximum Gasteiger partial charge on any atom is 0.237 e. The molecule has 0 aliphatic heterocycles. The molecule has 0 saturated heterocycles. The number of likely N-dealkylation sites (N-methyl/N-ethyl adjacent to an activating group) is 1. The summed E-state index contributed by atoms with van der Waals surface area (Å²) >= 11 is 0. The van der Waals surface area contributed by atoms with Gasteiger partial charge in [-0.25, -0.2) is 0 Å². The van der Waals surface area contributed by atoms with Crippen molar-refractivity contribution in [2.75, 3.05) is 13.7 Å². The van der Waals surface area contributed by atoms with Crippen LogP contribution in [0.3, 0.4) is 0 Å². The molecule has 0 aliphatic rings. The number of hydrogen-bond acceptors (Lipinski definition) is 5. The van der Waals surface area contributed by atoms with E-state index in [9.17, 15) is 14.4 Å². The third-order valence-corrected chi connectivity index (χ3v) is 4.47. The van der Waals surface area contributed by atoms with Gasteiger partial charge in [0.25, 0.3) is 0 Å². The molecule has 0 saturated carbocycles. The van der Waals surface area contributed by atoms with Gasteiger partial charge in [-0.15, -0.1) is 0 Å². The SMILES string of the molecule is CNC(CCC(=O)NC(C)(C)CCOC(C)(C)C)C(=O)NC(C(C)=O)C(C)C. The van der Waals surface area contributed by atoms with E-state index in [1.165, 1.54) is 6.92 Å². The maximum absolute atomic E-state index is 12.5. The van der Waals surface area contributed by atoms with E-state index in [-0.39, 0.29) is 35.5 Å². The summed E-state index contributed by atoms with van der Waals surface area (Å²) in [7, 11) is 1.67. The molecule has 7 heteroatoms. The minimum absolute atomic E-state index is 0.0124. The monoisotopic (exact) mass is 399 g/mol. The Hall–Kier alpha value is -1.47. The van der Waals surface area contributed by atoms with Crippen molar-refractivity contribution in [3.8, 4) is 0 Å². The Kier molecular flexibility index (Phi) is 10.9. The minimum Gasteiger partial charge on any atom is -0.376 e. The summed E-state index contributed by atoms with van der Waals surface area (Å²) in [6, 6.07) is -1.04. The number of carbonyl (C=O) groups excluding carboxylic acids is 3. The molecule has 0 aromatic carbocycles. The fraction of sp³-hybridized carbons (Fsp3) is 0.857. The Bertz CT molecular complexity index is 524. The highest BCUT2D eigenvalue weighted by molar-refractivity contribution is 5.90. The van der Waals surface area contributed by atoms with Crippen molar-refractivity contribution in [3.05, 3.63) is 0 Å². The zero-order valence-corrected chi connectivity index (χ0v) is 19.2. The van der Waals surface area contributed by atoms with Gasteiger partial charge in [0.15, 0.2) is 5.78 Å². The molecule has 0 aromatic rings. The summed E-state index contributed by atoms with van der Waals surface area (Å²) in [5.74, 6) is -0.434. The fourth-order valence-electron chi connectivity index (χ4n) is 2.79. The van der Waals surface area contributed by atoms with Crippen LogP contribution < -0.4 is 16.0 Å². The summed E-state index contributed by atoms with van der Waals surface area (Å²) in [5.41, 5.74) is -0.599. The van der Waals surface area contributed by atoms with Gasteiger partial charge in [0.2, 0.25) is 11.8 Å². The van der Waals surface area contributed by atoms with Gasteiger partial charge in [-0.2, -0.15) is 0 Å². The number of Topliss-reactive ketones (excluding diaryl/α,β-unsaturated/α-hetero) is 1. The second kappa shape index (κ2) is 11.5. The molecule has 2 atom stereocenters. The van der Waals surface area contributed by atoms with Gasteiger partial charge in [-0.05, 0) is 67.3 Å². The molecule has 3 N–H and O–H groups in total. The standard InChI is InChI=1S/C21H41N3O4/c1-14(2)18(15(3)25)23-19(27)16(22-9)10-11-17(26)24-21(7,8)12-13-28-20(4,5)6/h14,16,18,22H,10-13H2,1-9H3,(H,23,27)(H,24,26).